The molecular weight excluding hydrogens is 117 g/mol. The van der Waals surface area contributed by atoms with Gasteiger partial charge in [0.1, 0.15) is 0 Å². The summed E-state index contributed by atoms with van der Waals surface area (Å²) in [6.07, 6.45) is 0. The molecule has 0 aromatic heterocycles. The Labute approximate surface area is 32.7 Å². The number of hydrogen-bond donors (Lipinski definition) is 1. The molecule has 0 amide bonds. The molecule has 4 heavy (non-hydrogen) atoms. The number of rotatable bonds is 0. The molecule has 1 aliphatic rings. The number of nitrogens with one attached hydrogen (secondary N) is 1. The summed E-state index contributed by atoms with van der Waals surface area (Å²) in [4.78, 5) is 0. The van der Waals surface area contributed by atoms with Crippen molar-refractivity contribution in [2.24, 2.45) is 0 Å². The van der Waals surface area contributed by atoms with Gasteiger partial charge >= 0.3 is 32.0 Å². The molecular formula is C2H3NSe. The van der Waals surface area contributed by atoms with Crippen molar-refractivity contribution in [2.45, 2.75) is 0 Å². The SMILES string of the molecule is [Se]=C1CN1. The topological polar surface area (TPSA) is 21.9 Å². The van der Waals surface area contributed by atoms with E-state index in [1.165, 1.54) is 4.54 Å². The van der Waals surface area contributed by atoms with E-state index in [1.54, 1.807) is 0 Å². The molecule has 22 valence electrons. The molecule has 0 unspecified atom stereocenters. The van der Waals surface area contributed by atoms with Gasteiger partial charge in [0, 0.05) is 0 Å². The Hall–Kier alpha value is 0.189. The zero-order chi connectivity index (χ0) is 2.99. The molecule has 0 aromatic carbocycles. The average Bonchev–Trinajstić information content (AvgIpc) is 1.75. The van der Waals surface area contributed by atoms with Crippen LogP contribution in [0.25, 0.3) is 0 Å². The van der Waals surface area contributed by atoms with Crippen molar-refractivity contribution in [3.05, 3.63) is 0 Å². The summed E-state index contributed by atoms with van der Waals surface area (Å²) in [6.45, 7) is 1.10. The summed E-state index contributed by atoms with van der Waals surface area (Å²) in [5.41, 5.74) is 0. The van der Waals surface area contributed by atoms with E-state index in [0.717, 1.165) is 6.54 Å². The fourth-order valence-corrected chi connectivity index (χ4v) is 0.187. The summed E-state index contributed by atoms with van der Waals surface area (Å²) < 4.78 is 1.29. The van der Waals surface area contributed by atoms with Gasteiger partial charge in [-0.25, -0.2) is 0 Å². The van der Waals surface area contributed by atoms with E-state index in [0.29, 0.717) is 0 Å². The molecule has 1 N–H and O–H groups in total. The molecule has 0 bridgehead atoms. The molecule has 0 saturated carbocycles. The Morgan fingerprint density at radius 2 is 2.25 bits per heavy atom. The Kier molecular flexibility index (Phi) is 0.345. The van der Waals surface area contributed by atoms with E-state index in [-0.39, 0.29) is 0 Å². The maximum atomic E-state index is 2.96. The molecule has 0 radical (unpaired) electrons. The molecule has 0 aromatic rings. The Bertz CT molecular complexity index is 44.0. The second kappa shape index (κ2) is 0.568. The van der Waals surface area contributed by atoms with Crippen LogP contribution in [0.4, 0.5) is 0 Å². The monoisotopic (exact) mass is 121 g/mol. The van der Waals surface area contributed by atoms with Crippen LogP contribution in [0.15, 0.2) is 0 Å². The van der Waals surface area contributed by atoms with Crippen molar-refractivity contribution in [3.8, 4) is 0 Å². The second-order valence-corrected chi connectivity index (χ2v) is 1.81. The third kappa shape index (κ3) is 0.305. The first-order chi connectivity index (χ1) is 1.89. The van der Waals surface area contributed by atoms with Crippen LogP contribution in [-0.4, -0.2) is 26.7 Å². The van der Waals surface area contributed by atoms with E-state index in [2.05, 4.69) is 20.9 Å². The summed E-state index contributed by atoms with van der Waals surface area (Å²) in [5.74, 6) is 0. The van der Waals surface area contributed by atoms with Gasteiger partial charge in [-0.1, -0.05) is 0 Å². The standard InChI is InChI=1S/C2H3NSe/c4-2-1-3-2/h1H2,(H,3,4). The first kappa shape index (κ1) is 2.43. The molecule has 1 fully saturated rings. The van der Waals surface area contributed by atoms with Gasteiger partial charge in [0.15, 0.2) is 0 Å². The number of hydrogen-bond acceptors (Lipinski definition) is 1. The zero-order valence-electron chi connectivity index (χ0n) is 2.12. The maximum absolute atomic E-state index is 2.96. The molecule has 2 heteroatoms. The van der Waals surface area contributed by atoms with Gasteiger partial charge in [0.2, 0.25) is 0 Å². The summed E-state index contributed by atoms with van der Waals surface area (Å²) in [7, 11) is 0. The Morgan fingerprint density at radius 3 is 2.25 bits per heavy atom. The van der Waals surface area contributed by atoms with Crippen LogP contribution in [-0.2, 0) is 0 Å². The van der Waals surface area contributed by atoms with Gasteiger partial charge in [-0.15, -0.1) is 0 Å². The Balaban J connectivity index is 2.60. The first-order valence-electron chi connectivity index (χ1n) is 1.16. The molecule has 1 heterocycles. The van der Waals surface area contributed by atoms with E-state index < -0.39 is 0 Å². The van der Waals surface area contributed by atoms with Gasteiger partial charge in [-0.05, 0) is 0 Å². The van der Waals surface area contributed by atoms with E-state index >= 15 is 0 Å². The van der Waals surface area contributed by atoms with Crippen molar-refractivity contribution in [1.82, 2.24) is 5.32 Å². The molecule has 0 spiro atoms. The molecule has 1 nitrogen and oxygen atoms in total. The van der Waals surface area contributed by atoms with Gasteiger partial charge in [-0.3, -0.25) is 0 Å². The molecule has 1 rings (SSSR count). The fraction of sp³-hybridized carbons (Fsp3) is 0.500. The first-order valence-corrected chi connectivity index (χ1v) is 2.02. The van der Waals surface area contributed by atoms with E-state index in [9.17, 15) is 0 Å². The van der Waals surface area contributed by atoms with E-state index in [4.69, 9.17) is 0 Å². The predicted molar refractivity (Wildman–Crippen MR) is 18.8 cm³/mol. The third-order valence-electron chi connectivity index (χ3n) is 0.321. The Morgan fingerprint density at radius 1 is 2.00 bits per heavy atom. The van der Waals surface area contributed by atoms with Crippen molar-refractivity contribution < 1.29 is 0 Å². The van der Waals surface area contributed by atoms with Crippen molar-refractivity contribution >= 4 is 20.1 Å². The van der Waals surface area contributed by atoms with Crippen LogP contribution in [0.2, 0.25) is 0 Å². The van der Waals surface area contributed by atoms with Crippen molar-refractivity contribution in [3.63, 3.8) is 0 Å². The van der Waals surface area contributed by atoms with Crippen LogP contribution >= 0.6 is 0 Å². The molecule has 1 saturated heterocycles. The van der Waals surface area contributed by atoms with Crippen LogP contribution < -0.4 is 5.32 Å². The van der Waals surface area contributed by atoms with Crippen LogP contribution in [0.3, 0.4) is 0 Å². The normalized spacial score (nSPS) is 19.5. The molecule has 0 atom stereocenters. The van der Waals surface area contributed by atoms with Crippen LogP contribution in [0.5, 0.6) is 0 Å². The van der Waals surface area contributed by atoms with Gasteiger partial charge in [0.05, 0.1) is 0 Å². The van der Waals surface area contributed by atoms with Crippen LogP contribution in [0.1, 0.15) is 0 Å². The van der Waals surface area contributed by atoms with Crippen LogP contribution in [0, 0.1) is 0 Å². The fourth-order valence-electron chi connectivity index (χ4n) is 0.0361. The average molecular weight is 120 g/mol. The van der Waals surface area contributed by atoms with Crippen molar-refractivity contribution in [1.29, 1.82) is 0 Å². The van der Waals surface area contributed by atoms with Gasteiger partial charge in [0.25, 0.3) is 0 Å². The van der Waals surface area contributed by atoms with E-state index in [1.807, 2.05) is 0 Å². The van der Waals surface area contributed by atoms with Crippen molar-refractivity contribution in [2.75, 3.05) is 6.54 Å². The minimum atomic E-state index is 1.10. The predicted octanol–water partition coefficient (Wildman–Crippen LogP) is -1.11. The minimum absolute atomic E-state index is 1.10. The van der Waals surface area contributed by atoms with Gasteiger partial charge < -0.3 is 0 Å². The quantitative estimate of drug-likeness (QED) is 0.317. The van der Waals surface area contributed by atoms with Gasteiger partial charge in [-0.2, -0.15) is 0 Å². The summed E-state index contributed by atoms with van der Waals surface area (Å²) in [5, 5.41) is 2.96. The summed E-state index contributed by atoms with van der Waals surface area (Å²) >= 11 is 2.82. The molecule has 1 aliphatic heterocycles. The zero-order valence-corrected chi connectivity index (χ0v) is 3.83. The molecule has 0 aliphatic carbocycles. The third-order valence-corrected chi connectivity index (χ3v) is 0.927. The summed E-state index contributed by atoms with van der Waals surface area (Å²) in [6, 6.07) is 0. The second-order valence-electron chi connectivity index (χ2n) is 0.777.